The number of nitro groups is 1. The molecule has 1 aromatic carbocycles. The number of ether oxygens (including phenoxy) is 3. The summed E-state index contributed by atoms with van der Waals surface area (Å²) in [5.41, 5.74) is 2.56. The Balaban J connectivity index is 1.05. The molecule has 0 aliphatic carbocycles. The molecule has 2 aromatic heterocycles. The highest BCUT2D eigenvalue weighted by Gasteiger charge is 2.41. The van der Waals surface area contributed by atoms with Crippen molar-refractivity contribution in [1.82, 2.24) is 19.6 Å². The number of piperidine rings is 1. The molecule has 5 rings (SSSR count). The van der Waals surface area contributed by atoms with Crippen LogP contribution in [-0.4, -0.2) is 55.9 Å². The summed E-state index contributed by atoms with van der Waals surface area (Å²) < 4.78 is 24.8. The molecule has 1 atom stereocenters. The standard InChI is InChI=1S/C25H31N5O6/c1-17-22(18(2)36-27-17)14-33-21-8-10-28(11-9-21)12-19-4-6-20(7-5-19)34-16-25(3)15-29-13-23(30(31)32)26-24(29)35-25/h4-7,13,21H,8-12,14-16H2,1-3H3/t25-/m1/s1. The Kier molecular flexibility index (Phi) is 6.67. The maximum atomic E-state index is 10.9. The first-order valence-electron chi connectivity index (χ1n) is 12.2. The fourth-order valence-corrected chi connectivity index (χ4v) is 4.68. The molecule has 0 spiro atoms. The highest BCUT2D eigenvalue weighted by Crippen LogP contribution is 2.31. The maximum absolute atomic E-state index is 10.9. The van der Waals surface area contributed by atoms with Crippen molar-refractivity contribution < 1.29 is 23.7 Å². The molecule has 36 heavy (non-hydrogen) atoms. The monoisotopic (exact) mass is 497 g/mol. The fraction of sp³-hybridized carbons (Fsp3) is 0.520. The van der Waals surface area contributed by atoms with Gasteiger partial charge in [-0.05, 0) is 56.2 Å². The SMILES string of the molecule is Cc1noc(C)c1COC1CCN(Cc2ccc(OC[C@@]3(C)Cn4cc([N+](=O)[O-])nc4O3)cc2)CC1. The summed E-state index contributed by atoms with van der Waals surface area (Å²) in [4.78, 5) is 16.7. The number of aromatic nitrogens is 3. The predicted octanol–water partition coefficient (Wildman–Crippen LogP) is 3.81. The molecule has 0 saturated carbocycles. The minimum Gasteiger partial charge on any atom is -0.489 e. The van der Waals surface area contributed by atoms with E-state index in [4.69, 9.17) is 18.7 Å². The molecule has 0 N–H and O–H groups in total. The Morgan fingerprint density at radius 2 is 1.97 bits per heavy atom. The minimum atomic E-state index is -0.631. The molecule has 0 amide bonds. The zero-order valence-electron chi connectivity index (χ0n) is 20.8. The normalized spacial score (nSPS) is 20.3. The molecule has 1 saturated heterocycles. The number of aryl methyl sites for hydroxylation is 2. The molecule has 192 valence electrons. The van der Waals surface area contributed by atoms with Gasteiger partial charge in [-0.1, -0.05) is 17.3 Å². The van der Waals surface area contributed by atoms with Crippen molar-refractivity contribution in [1.29, 1.82) is 0 Å². The number of benzene rings is 1. The maximum Gasteiger partial charge on any atom is 0.415 e. The lowest BCUT2D eigenvalue weighted by Gasteiger charge is -2.32. The zero-order chi connectivity index (χ0) is 25.3. The highest BCUT2D eigenvalue weighted by atomic mass is 16.6. The van der Waals surface area contributed by atoms with Crippen molar-refractivity contribution >= 4 is 5.82 Å². The van der Waals surface area contributed by atoms with Crippen LogP contribution in [-0.2, 0) is 24.4 Å². The van der Waals surface area contributed by atoms with Gasteiger partial charge in [0.25, 0.3) is 0 Å². The van der Waals surface area contributed by atoms with Crippen molar-refractivity contribution in [2.45, 2.75) is 65.0 Å². The van der Waals surface area contributed by atoms with Gasteiger partial charge in [-0.15, -0.1) is 0 Å². The number of fused-ring (bicyclic) bond motifs is 1. The number of imidazole rings is 1. The first-order chi connectivity index (χ1) is 17.3. The van der Waals surface area contributed by atoms with E-state index in [2.05, 4.69) is 27.2 Å². The van der Waals surface area contributed by atoms with Crippen LogP contribution in [0.2, 0.25) is 0 Å². The third kappa shape index (κ3) is 5.36. The minimum absolute atomic E-state index is 0.211. The second-order valence-electron chi connectivity index (χ2n) is 9.84. The van der Waals surface area contributed by atoms with Gasteiger partial charge >= 0.3 is 11.8 Å². The average Bonchev–Trinajstić information content (AvgIpc) is 3.49. The molecule has 2 aliphatic rings. The van der Waals surface area contributed by atoms with Gasteiger partial charge in [0.05, 0.1) is 24.9 Å². The Morgan fingerprint density at radius 1 is 1.22 bits per heavy atom. The summed E-state index contributed by atoms with van der Waals surface area (Å²) in [6, 6.07) is 8.36. The third-order valence-corrected chi connectivity index (χ3v) is 6.81. The summed E-state index contributed by atoms with van der Waals surface area (Å²) in [6.07, 6.45) is 3.66. The molecule has 2 aliphatic heterocycles. The van der Waals surface area contributed by atoms with Gasteiger partial charge in [0.15, 0.2) is 5.60 Å². The number of hydrogen-bond donors (Lipinski definition) is 0. The van der Waals surface area contributed by atoms with E-state index < -0.39 is 10.5 Å². The van der Waals surface area contributed by atoms with Crippen molar-refractivity contribution in [3.63, 3.8) is 0 Å². The topological polar surface area (TPSA) is 118 Å². The van der Waals surface area contributed by atoms with E-state index in [-0.39, 0.29) is 17.9 Å². The zero-order valence-corrected chi connectivity index (χ0v) is 20.8. The summed E-state index contributed by atoms with van der Waals surface area (Å²) in [6.45, 7) is 9.96. The second kappa shape index (κ2) is 9.90. The third-order valence-electron chi connectivity index (χ3n) is 6.81. The molecule has 1 fully saturated rings. The van der Waals surface area contributed by atoms with Crippen molar-refractivity contribution in [3.8, 4) is 11.8 Å². The van der Waals surface area contributed by atoms with Gasteiger partial charge in [0, 0.05) is 30.2 Å². The van der Waals surface area contributed by atoms with E-state index in [0.717, 1.165) is 55.2 Å². The van der Waals surface area contributed by atoms with Crippen molar-refractivity contribution in [3.05, 3.63) is 63.2 Å². The number of hydrogen-bond acceptors (Lipinski definition) is 9. The van der Waals surface area contributed by atoms with Crippen LogP contribution in [0.25, 0.3) is 0 Å². The quantitative estimate of drug-likeness (QED) is 0.321. The van der Waals surface area contributed by atoms with Crippen LogP contribution in [0, 0.1) is 24.0 Å². The summed E-state index contributed by atoms with van der Waals surface area (Å²) in [7, 11) is 0. The molecule has 0 bridgehead atoms. The van der Waals surface area contributed by atoms with Crippen LogP contribution in [0.4, 0.5) is 5.82 Å². The van der Waals surface area contributed by atoms with E-state index in [9.17, 15) is 10.1 Å². The van der Waals surface area contributed by atoms with Crippen LogP contribution < -0.4 is 9.47 Å². The van der Waals surface area contributed by atoms with E-state index in [0.29, 0.717) is 19.8 Å². The lowest BCUT2D eigenvalue weighted by molar-refractivity contribution is -0.389. The molecule has 0 unspecified atom stereocenters. The number of rotatable bonds is 9. The Morgan fingerprint density at radius 3 is 2.61 bits per heavy atom. The van der Waals surface area contributed by atoms with E-state index >= 15 is 0 Å². The lowest BCUT2D eigenvalue weighted by Crippen LogP contribution is -2.38. The Hall–Kier alpha value is -3.44. The van der Waals surface area contributed by atoms with Gasteiger partial charge in [-0.3, -0.25) is 9.47 Å². The number of likely N-dealkylation sites (tertiary alicyclic amines) is 1. The van der Waals surface area contributed by atoms with Gasteiger partial charge in [-0.2, -0.15) is 0 Å². The second-order valence-corrected chi connectivity index (χ2v) is 9.84. The van der Waals surface area contributed by atoms with E-state index in [1.807, 2.05) is 32.9 Å². The van der Waals surface area contributed by atoms with Crippen molar-refractivity contribution in [2.75, 3.05) is 19.7 Å². The summed E-state index contributed by atoms with van der Waals surface area (Å²) >= 11 is 0. The predicted molar refractivity (Wildman–Crippen MR) is 129 cm³/mol. The molecular formula is C25H31N5O6. The van der Waals surface area contributed by atoms with Crippen LogP contribution in [0.1, 0.15) is 42.3 Å². The summed E-state index contributed by atoms with van der Waals surface area (Å²) in [5, 5.41) is 14.9. The first-order valence-corrected chi connectivity index (χ1v) is 12.2. The largest absolute Gasteiger partial charge is 0.489 e. The molecule has 11 heteroatoms. The molecule has 3 aromatic rings. The van der Waals surface area contributed by atoms with Gasteiger partial charge in [0.2, 0.25) is 0 Å². The molecule has 0 radical (unpaired) electrons. The van der Waals surface area contributed by atoms with Crippen molar-refractivity contribution in [2.24, 2.45) is 0 Å². The highest BCUT2D eigenvalue weighted by molar-refractivity contribution is 5.28. The Labute approximate surface area is 209 Å². The van der Waals surface area contributed by atoms with Gasteiger partial charge in [0.1, 0.15) is 24.3 Å². The van der Waals surface area contributed by atoms with Crippen LogP contribution >= 0.6 is 0 Å². The molecule has 4 heterocycles. The smallest absolute Gasteiger partial charge is 0.415 e. The number of nitrogens with zero attached hydrogens (tertiary/aromatic N) is 5. The van der Waals surface area contributed by atoms with Gasteiger partial charge < -0.3 is 28.8 Å². The van der Waals surface area contributed by atoms with E-state index in [1.54, 1.807) is 4.57 Å². The van der Waals surface area contributed by atoms with Crippen LogP contribution in [0.5, 0.6) is 11.8 Å². The van der Waals surface area contributed by atoms with E-state index in [1.165, 1.54) is 11.8 Å². The average molecular weight is 498 g/mol. The van der Waals surface area contributed by atoms with Crippen LogP contribution in [0.15, 0.2) is 35.0 Å². The summed E-state index contributed by atoms with van der Waals surface area (Å²) in [5.74, 6) is 1.38. The lowest BCUT2D eigenvalue weighted by atomic mass is 10.1. The van der Waals surface area contributed by atoms with Crippen LogP contribution in [0.3, 0.4) is 0 Å². The molecule has 11 nitrogen and oxygen atoms in total. The molecular weight excluding hydrogens is 466 g/mol. The van der Waals surface area contributed by atoms with Gasteiger partial charge in [-0.25, -0.2) is 0 Å². The first kappa shape index (κ1) is 24.3. The Bertz CT molecular complexity index is 1170. The fourth-order valence-electron chi connectivity index (χ4n) is 4.68.